The molecule has 1 aromatic rings. The highest BCUT2D eigenvalue weighted by Crippen LogP contribution is 2.41. The van der Waals surface area contributed by atoms with Gasteiger partial charge < -0.3 is 20.5 Å². The molecule has 1 saturated carbocycles. The predicted octanol–water partition coefficient (Wildman–Crippen LogP) is 2.56. The van der Waals surface area contributed by atoms with E-state index in [1.54, 1.807) is 7.11 Å². The summed E-state index contributed by atoms with van der Waals surface area (Å²) >= 11 is 0. The van der Waals surface area contributed by atoms with Crippen LogP contribution < -0.4 is 10.6 Å². The van der Waals surface area contributed by atoms with Crippen LogP contribution in [0.25, 0.3) is 0 Å². The van der Waals surface area contributed by atoms with Crippen molar-refractivity contribution >= 4 is 5.96 Å². The van der Waals surface area contributed by atoms with Gasteiger partial charge in [0.2, 0.25) is 0 Å². The first-order chi connectivity index (χ1) is 14.6. The minimum absolute atomic E-state index is 0.276. The van der Waals surface area contributed by atoms with Crippen molar-refractivity contribution in [2.45, 2.75) is 58.1 Å². The monoisotopic (exact) mass is 416 g/mol. The van der Waals surface area contributed by atoms with E-state index >= 15 is 0 Å². The average Bonchev–Trinajstić information content (AvgIpc) is 3.23. The van der Waals surface area contributed by atoms with Gasteiger partial charge in [-0.3, -0.25) is 9.89 Å². The van der Waals surface area contributed by atoms with Crippen LogP contribution in [0.4, 0.5) is 0 Å². The smallest absolute Gasteiger partial charge is 0.191 e. The molecule has 1 atom stereocenters. The normalized spacial score (nSPS) is 20.0. The molecule has 6 heteroatoms. The van der Waals surface area contributed by atoms with Gasteiger partial charge >= 0.3 is 0 Å². The fourth-order valence-corrected chi connectivity index (χ4v) is 4.81. The summed E-state index contributed by atoms with van der Waals surface area (Å²) in [5.41, 5.74) is 3.10. The van der Waals surface area contributed by atoms with Crippen LogP contribution in [0.1, 0.15) is 50.2 Å². The van der Waals surface area contributed by atoms with Crippen molar-refractivity contribution in [2.75, 3.05) is 46.4 Å². The van der Waals surface area contributed by atoms with Crippen molar-refractivity contribution in [1.29, 1.82) is 0 Å². The molecule has 3 rings (SSSR count). The maximum absolute atomic E-state index is 10.6. The highest BCUT2D eigenvalue weighted by atomic mass is 16.5. The third kappa shape index (κ3) is 6.69. The highest BCUT2D eigenvalue weighted by Gasteiger charge is 2.33. The van der Waals surface area contributed by atoms with Crippen LogP contribution in [-0.4, -0.2) is 68.5 Å². The fourth-order valence-electron chi connectivity index (χ4n) is 4.81. The molecule has 1 heterocycles. The minimum Gasteiger partial charge on any atom is -0.390 e. The Morgan fingerprint density at radius 2 is 2.00 bits per heavy atom. The van der Waals surface area contributed by atoms with Gasteiger partial charge in [0.25, 0.3) is 0 Å². The first-order valence-electron chi connectivity index (χ1n) is 11.6. The summed E-state index contributed by atoms with van der Waals surface area (Å²) in [6, 6.07) is 8.63. The molecule has 0 radical (unpaired) electrons. The number of methoxy groups -OCH3 is 1. The number of guanidine groups is 1. The van der Waals surface area contributed by atoms with Gasteiger partial charge in [0.05, 0.1) is 6.10 Å². The summed E-state index contributed by atoms with van der Waals surface area (Å²) in [4.78, 5) is 7.23. The number of hydrogen-bond donors (Lipinski definition) is 3. The molecular formula is C24H40N4O2. The number of aliphatic hydroxyl groups is 1. The van der Waals surface area contributed by atoms with E-state index in [-0.39, 0.29) is 5.41 Å². The number of nitrogens with zero attached hydrogens (tertiary/aromatic N) is 2. The maximum Gasteiger partial charge on any atom is 0.191 e. The lowest BCUT2D eigenvalue weighted by Crippen LogP contribution is -2.45. The summed E-state index contributed by atoms with van der Waals surface area (Å²) in [6.07, 6.45) is 6.77. The standard InChI is InChI=1S/C24H40N4O2/c1-3-25-23(27-19-24(13-15-30-2)11-6-7-12-24)26-16-22(29)18-28-14-10-20-8-4-5-9-21(20)17-28/h4-5,8-9,22,29H,3,6-7,10-19H2,1-2H3,(H2,25,26,27). The topological polar surface area (TPSA) is 69.1 Å². The second-order valence-electron chi connectivity index (χ2n) is 8.93. The molecule has 168 valence electrons. The Morgan fingerprint density at radius 1 is 1.23 bits per heavy atom. The number of hydrogen-bond acceptors (Lipinski definition) is 4. The summed E-state index contributed by atoms with van der Waals surface area (Å²) in [5, 5.41) is 17.3. The third-order valence-corrected chi connectivity index (χ3v) is 6.60. The largest absolute Gasteiger partial charge is 0.390 e. The average molecular weight is 417 g/mol. The molecule has 3 N–H and O–H groups in total. The van der Waals surface area contributed by atoms with Crippen LogP contribution in [0.5, 0.6) is 0 Å². The van der Waals surface area contributed by atoms with Crippen molar-refractivity contribution in [3.63, 3.8) is 0 Å². The van der Waals surface area contributed by atoms with Gasteiger partial charge in [-0.2, -0.15) is 0 Å². The Hall–Kier alpha value is -1.63. The van der Waals surface area contributed by atoms with Gasteiger partial charge in [0.1, 0.15) is 0 Å². The van der Waals surface area contributed by atoms with E-state index in [0.29, 0.717) is 13.1 Å². The number of β-amino-alcohol motifs (C(OH)–C–C–N with tert-alkyl or cyclic N) is 1. The fraction of sp³-hybridized carbons (Fsp3) is 0.708. The van der Waals surface area contributed by atoms with Crippen molar-refractivity contribution in [1.82, 2.24) is 15.5 Å². The Bertz CT molecular complexity index is 673. The molecule has 1 aliphatic heterocycles. The lowest BCUT2D eigenvalue weighted by molar-refractivity contribution is 0.108. The summed E-state index contributed by atoms with van der Waals surface area (Å²) in [5.74, 6) is 0.809. The SMILES string of the molecule is CCNC(=NCC1(CCOC)CCCC1)NCC(O)CN1CCc2ccccc2C1. The molecule has 0 saturated heterocycles. The number of benzene rings is 1. The maximum atomic E-state index is 10.6. The van der Waals surface area contributed by atoms with E-state index in [1.165, 1.54) is 36.8 Å². The van der Waals surface area contributed by atoms with Crippen LogP contribution in [0.2, 0.25) is 0 Å². The number of fused-ring (bicyclic) bond motifs is 1. The van der Waals surface area contributed by atoms with E-state index in [0.717, 1.165) is 51.6 Å². The Balaban J connectivity index is 1.48. The van der Waals surface area contributed by atoms with Crippen LogP contribution >= 0.6 is 0 Å². The number of nitrogens with one attached hydrogen (secondary N) is 2. The number of ether oxygens (including phenoxy) is 1. The number of aliphatic imine (C=N–C) groups is 1. The van der Waals surface area contributed by atoms with Crippen LogP contribution in [0, 0.1) is 5.41 Å². The molecule has 30 heavy (non-hydrogen) atoms. The van der Waals surface area contributed by atoms with Crippen molar-refractivity contribution in [3.05, 3.63) is 35.4 Å². The second kappa shape index (κ2) is 11.7. The molecule has 0 amide bonds. The van der Waals surface area contributed by atoms with Crippen LogP contribution in [0.15, 0.2) is 29.3 Å². The first-order valence-corrected chi connectivity index (χ1v) is 11.6. The van der Waals surface area contributed by atoms with Gasteiger partial charge in [0.15, 0.2) is 5.96 Å². The highest BCUT2D eigenvalue weighted by molar-refractivity contribution is 5.79. The van der Waals surface area contributed by atoms with E-state index in [2.05, 4.69) is 46.7 Å². The number of aliphatic hydroxyl groups excluding tert-OH is 1. The van der Waals surface area contributed by atoms with E-state index in [1.807, 2.05) is 0 Å². The molecule has 0 spiro atoms. The van der Waals surface area contributed by atoms with Crippen LogP contribution in [-0.2, 0) is 17.7 Å². The van der Waals surface area contributed by atoms with Crippen molar-refractivity contribution in [3.8, 4) is 0 Å². The summed E-state index contributed by atoms with van der Waals surface area (Å²) < 4.78 is 5.34. The van der Waals surface area contributed by atoms with E-state index in [4.69, 9.17) is 9.73 Å². The molecule has 2 aliphatic rings. The zero-order valence-corrected chi connectivity index (χ0v) is 18.8. The number of rotatable bonds is 10. The zero-order chi connectivity index (χ0) is 21.2. The zero-order valence-electron chi connectivity index (χ0n) is 18.8. The second-order valence-corrected chi connectivity index (χ2v) is 8.93. The molecule has 1 aromatic carbocycles. The Morgan fingerprint density at radius 3 is 2.73 bits per heavy atom. The predicted molar refractivity (Wildman–Crippen MR) is 123 cm³/mol. The van der Waals surface area contributed by atoms with E-state index < -0.39 is 6.10 Å². The van der Waals surface area contributed by atoms with E-state index in [9.17, 15) is 5.11 Å². The van der Waals surface area contributed by atoms with Crippen LogP contribution in [0.3, 0.4) is 0 Å². The molecule has 0 aromatic heterocycles. The lowest BCUT2D eigenvalue weighted by Gasteiger charge is -2.30. The van der Waals surface area contributed by atoms with Crippen molar-refractivity contribution < 1.29 is 9.84 Å². The lowest BCUT2D eigenvalue weighted by atomic mass is 9.83. The summed E-state index contributed by atoms with van der Waals surface area (Å²) in [6.45, 7) is 7.63. The molecule has 6 nitrogen and oxygen atoms in total. The molecule has 1 aliphatic carbocycles. The molecule has 1 fully saturated rings. The molecule has 1 unspecified atom stereocenters. The van der Waals surface area contributed by atoms with Gasteiger partial charge in [-0.15, -0.1) is 0 Å². The van der Waals surface area contributed by atoms with Gasteiger partial charge in [0, 0.05) is 53.0 Å². The van der Waals surface area contributed by atoms with Gasteiger partial charge in [-0.1, -0.05) is 37.1 Å². The van der Waals surface area contributed by atoms with Gasteiger partial charge in [-0.25, -0.2) is 0 Å². The van der Waals surface area contributed by atoms with Crippen molar-refractivity contribution in [2.24, 2.45) is 10.4 Å². The molecular weight excluding hydrogens is 376 g/mol. The Labute approximate surface area is 182 Å². The summed E-state index contributed by atoms with van der Waals surface area (Å²) in [7, 11) is 1.78. The first kappa shape index (κ1) is 23.0. The quantitative estimate of drug-likeness (QED) is 0.404. The third-order valence-electron chi connectivity index (χ3n) is 6.60. The molecule has 0 bridgehead atoms. The Kier molecular flexibility index (Phi) is 8.97. The minimum atomic E-state index is -0.423. The van der Waals surface area contributed by atoms with Gasteiger partial charge in [-0.05, 0) is 49.1 Å².